The summed E-state index contributed by atoms with van der Waals surface area (Å²) in [5.41, 5.74) is 3.92. The van der Waals surface area contributed by atoms with Gasteiger partial charge < -0.3 is 14.9 Å². The zero-order valence-electron chi connectivity index (χ0n) is 14.5. The minimum atomic E-state index is -0.238. The van der Waals surface area contributed by atoms with Crippen LogP contribution in [0.1, 0.15) is 58.3 Å². The standard InChI is InChI=1S/C18H29N3O3/c1-2-23-18(22)14-11-19-21-16(24-13-6-4-3-5-7-13)10-15(12-8-9-12)20-17(14)21/h11-13,15-17,19-20H,2-10H2,1H3. The second kappa shape index (κ2) is 7.02. The predicted molar refractivity (Wildman–Crippen MR) is 89.5 cm³/mol. The number of carbonyl (C=O) groups excluding carboxylic acids is 1. The van der Waals surface area contributed by atoms with Gasteiger partial charge in [-0.05, 0) is 38.5 Å². The molecule has 2 heterocycles. The maximum absolute atomic E-state index is 12.3. The van der Waals surface area contributed by atoms with E-state index in [1.54, 1.807) is 6.20 Å². The third kappa shape index (κ3) is 3.32. The Morgan fingerprint density at radius 1 is 1.25 bits per heavy atom. The Morgan fingerprint density at radius 2 is 2.04 bits per heavy atom. The van der Waals surface area contributed by atoms with Gasteiger partial charge >= 0.3 is 5.97 Å². The molecule has 0 radical (unpaired) electrons. The highest BCUT2D eigenvalue weighted by molar-refractivity contribution is 5.90. The first-order valence-corrected chi connectivity index (χ1v) is 9.59. The van der Waals surface area contributed by atoms with Crippen molar-refractivity contribution in [3.63, 3.8) is 0 Å². The molecule has 24 heavy (non-hydrogen) atoms. The third-order valence-electron chi connectivity index (χ3n) is 5.68. The van der Waals surface area contributed by atoms with Gasteiger partial charge in [0.25, 0.3) is 0 Å². The molecule has 2 N–H and O–H groups in total. The van der Waals surface area contributed by atoms with E-state index in [-0.39, 0.29) is 18.4 Å². The molecule has 2 aliphatic heterocycles. The quantitative estimate of drug-likeness (QED) is 0.750. The van der Waals surface area contributed by atoms with E-state index in [9.17, 15) is 4.79 Å². The van der Waals surface area contributed by atoms with Gasteiger partial charge in [0.15, 0.2) is 0 Å². The van der Waals surface area contributed by atoms with Gasteiger partial charge in [-0.15, -0.1) is 0 Å². The highest BCUT2D eigenvalue weighted by atomic mass is 16.5. The normalized spacial score (nSPS) is 34.4. The summed E-state index contributed by atoms with van der Waals surface area (Å²) in [7, 11) is 0. The van der Waals surface area contributed by atoms with Crippen LogP contribution >= 0.6 is 0 Å². The van der Waals surface area contributed by atoms with Gasteiger partial charge in [-0.2, -0.15) is 5.01 Å². The minimum Gasteiger partial charge on any atom is -0.463 e. The smallest absolute Gasteiger partial charge is 0.338 e. The molecule has 3 atom stereocenters. The SMILES string of the molecule is CCOC(=O)C1=CNN2C(OC3CCCCC3)CC(C3CC3)NC12. The number of fused-ring (bicyclic) bond motifs is 1. The lowest BCUT2D eigenvalue weighted by Crippen LogP contribution is -2.63. The zero-order valence-corrected chi connectivity index (χ0v) is 14.5. The van der Waals surface area contributed by atoms with E-state index in [1.165, 1.54) is 32.1 Å². The second-order valence-electron chi connectivity index (χ2n) is 7.46. The summed E-state index contributed by atoms with van der Waals surface area (Å²) < 4.78 is 11.7. The van der Waals surface area contributed by atoms with E-state index >= 15 is 0 Å². The number of hydrogen-bond acceptors (Lipinski definition) is 6. The van der Waals surface area contributed by atoms with Crippen molar-refractivity contribution in [3.8, 4) is 0 Å². The van der Waals surface area contributed by atoms with E-state index < -0.39 is 0 Å². The van der Waals surface area contributed by atoms with Crippen LogP contribution in [-0.4, -0.2) is 42.1 Å². The first-order chi connectivity index (χ1) is 11.8. The summed E-state index contributed by atoms with van der Waals surface area (Å²) in [6.45, 7) is 2.24. The Bertz CT molecular complexity index is 500. The fourth-order valence-electron chi connectivity index (χ4n) is 4.23. The molecule has 1 saturated heterocycles. The van der Waals surface area contributed by atoms with E-state index in [2.05, 4.69) is 15.8 Å². The van der Waals surface area contributed by atoms with Crippen LogP contribution in [0.25, 0.3) is 0 Å². The first-order valence-electron chi connectivity index (χ1n) is 9.59. The molecule has 3 fully saturated rings. The summed E-state index contributed by atoms with van der Waals surface area (Å²) >= 11 is 0. The lowest BCUT2D eigenvalue weighted by Gasteiger charge is -2.44. The number of nitrogens with one attached hydrogen (secondary N) is 2. The summed E-state index contributed by atoms with van der Waals surface area (Å²) in [4.78, 5) is 12.3. The molecule has 6 nitrogen and oxygen atoms in total. The first kappa shape index (κ1) is 16.4. The van der Waals surface area contributed by atoms with Gasteiger partial charge in [0, 0.05) is 18.7 Å². The Morgan fingerprint density at radius 3 is 2.75 bits per heavy atom. The van der Waals surface area contributed by atoms with E-state index in [1.807, 2.05) is 6.92 Å². The number of ether oxygens (including phenoxy) is 2. The molecular weight excluding hydrogens is 306 g/mol. The second-order valence-corrected chi connectivity index (χ2v) is 7.46. The number of hydrazine groups is 1. The van der Waals surface area contributed by atoms with Crippen molar-refractivity contribution >= 4 is 5.97 Å². The number of carbonyl (C=O) groups is 1. The Kier molecular flexibility index (Phi) is 4.79. The molecule has 0 bridgehead atoms. The van der Waals surface area contributed by atoms with Crippen molar-refractivity contribution in [3.05, 3.63) is 11.8 Å². The molecule has 0 aromatic heterocycles. The minimum absolute atomic E-state index is 0.0214. The molecule has 0 aromatic rings. The zero-order chi connectivity index (χ0) is 16.5. The van der Waals surface area contributed by atoms with Crippen LogP contribution in [-0.2, 0) is 14.3 Å². The van der Waals surface area contributed by atoms with Crippen LogP contribution in [0.15, 0.2) is 11.8 Å². The Hall–Kier alpha value is -1.11. The van der Waals surface area contributed by atoms with Crippen molar-refractivity contribution in [2.75, 3.05) is 6.61 Å². The number of hydrogen-bond donors (Lipinski definition) is 2. The largest absolute Gasteiger partial charge is 0.463 e. The lowest BCUT2D eigenvalue weighted by molar-refractivity contribution is -0.160. The van der Waals surface area contributed by atoms with Gasteiger partial charge in [0.1, 0.15) is 12.4 Å². The number of esters is 1. The molecule has 2 aliphatic carbocycles. The fourth-order valence-corrected chi connectivity index (χ4v) is 4.23. The highest BCUT2D eigenvalue weighted by Gasteiger charge is 2.47. The molecule has 6 heteroatoms. The Balaban J connectivity index is 1.46. The van der Waals surface area contributed by atoms with Crippen molar-refractivity contribution in [2.45, 2.75) is 82.8 Å². The summed E-state index contributed by atoms with van der Waals surface area (Å²) in [6, 6.07) is 0.428. The van der Waals surface area contributed by atoms with E-state index in [4.69, 9.17) is 9.47 Å². The van der Waals surface area contributed by atoms with Crippen molar-refractivity contribution in [2.24, 2.45) is 5.92 Å². The van der Waals surface area contributed by atoms with Gasteiger partial charge in [-0.25, -0.2) is 4.79 Å². The van der Waals surface area contributed by atoms with Crippen LogP contribution < -0.4 is 10.7 Å². The fraction of sp³-hybridized carbons (Fsp3) is 0.833. The molecule has 3 unspecified atom stereocenters. The summed E-state index contributed by atoms with van der Waals surface area (Å²) in [5, 5.41) is 5.72. The van der Waals surface area contributed by atoms with E-state index in [0.29, 0.717) is 24.3 Å². The maximum Gasteiger partial charge on any atom is 0.338 e. The van der Waals surface area contributed by atoms with Crippen LogP contribution in [0.4, 0.5) is 0 Å². The predicted octanol–water partition coefficient (Wildman–Crippen LogP) is 2.03. The van der Waals surface area contributed by atoms with Crippen LogP contribution in [0.5, 0.6) is 0 Å². The summed E-state index contributed by atoms with van der Waals surface area (Å²) in [5.74, 6) is 0.492. The average Bonchev–Trinajstić information content (AvgIpc) is 3.35. The molecule has 134 valence electrons. The lowest BCUT2D eigenvalue weighted by atomic mass is 9.97. The van der Waals surface area contributed by atoms with Crippen LogP contribution in [0, 0.1) is 5.92 Å². The molecule has 0 amide bonds. The van der Waals surface area contributed by atoms with Gasteiger partial charge in [-0.1, -0.05) is 19.3 Å². The molecule has 2 saturated carbocycles. The van der Waals surface area contributed by atoms with Gasteiger partial charge in [0.2, 0.25) is 0 Å². The molecule has 4 rings (SSSR count). The number of rotatable bonds is 5. The average molecular weight is 335 g/mol. The molecular formula is C18H29N3O3. The monoisotopic (exact) mass is 335 g/mol. The molecule has 4 aliphatic rings. The Labute approximate surface area is 143 Å². The van der Waals surface area contributed by atoms with Gasteiger partial charge in [0.05, 0.1) is 18.3 Å². The maximum atomic E-state index is 12.3. The van der Waals surface area contributed by atoms with E-state index in [0.717, 1.165) is 25.2 Å². The summed E-state index contributed by atoms with van der Waals surface area (Å²) in [6.07, 6.45) is 11.8. The van der Waals surface area contributed by atoms with Crippen LogP contribution in [0.2, 0.25) is 0 Å². The van der Waals surface area contributed by atoms with Crippen LogP contribution in [0.3, 0.4) is 0 Å². The topological polar surface area (TPSA) is 62.8 Å². The molecule has 0 spiro atoms. The van der Waals surface area contributed by atoms with Crippen molar-refractivity contribution in [1.29, 1.82) is 0 Å². The van der Waals surface area contributed by atoms with Gasteiger partial charge in [-0.3, -0.25) is 5.32 Å². The number of nitrogens with zero attached hydrogens (tertiary/aromatic N) is 1. The highest BCUT2D eigenvalue weighted by Crippen LogP contribution is 2.39. The van der Waals surface area contributed by atoms with Crippen molar-refractivity contribution < 1.29 is 14.3 Å². The van der Waals surface area contributed by atoms with Crippen molar-refractivity contribution in [1.82, 2.24) is 15.8 Å². The molecule has 0 aromatic carbocycles. The third-order valence-corrected chi connectivity index (χ3v) is 5.68.